The van der Waals surface area contributed by atoms with Gasteiger partial charge in [-0.25, -0.2) is 0 Å². The lowest BCUT2D eigenvalue weighted by Gasteiger charge is -2.50. The third-order valence-corrected chi connectivity index (χ3v) is 19.5. The van der Waals surface area contributed by atoms with E-state index in [9.17, 15) is 60.7 Å². The van der Waals surface area contributed by atoms with E-state index in [1.165, 1.54) is 0 Å². The molecule has 2 aromatic rings. The van der Waals surface area contributed by atoms with E-state index in [1.807, 2.05) is 20.8 Å². The summed E-state index contributed by atoms with van der Waals surface area (Å²) >= 11 is 0. The molecule has 28 heteroatoms. The summed E-state index contributed by atoms with van der Waals surface area (Å²) in [6.45, 7) is 4.24. The average Bonchev–Trinajstić information content (AvgIpc) is 3.14. The molecule has 2 rings (SSSR count). The topological polar surface area (TPSA) is 333 Å². The van der Waals surface area contributed by atoms with Gasteiger partial charge in [0.25, 0.3) is 33.8 Å². The third kappa shape index (κ3) is 12.3. The molecule has 0 bridgehead atoms. The second-order valence-electron chi connectivity index (χ2n) is 16.2. The molecule has 1 unspecified atom stereocenters. The Morgan fingerprint density at radius 2 is 0.850 bits per heavy atom. The number of hydrogen-bond acceptors (Lipinski definition) is 20. The van der Waals surface area contributed by atoms with Crippen molar-refractivity contribution in [1.82, 2.24) is 0 Å². The summed E-state index contributed by atoms with van der Waals surface area (Å²) in [5.41, 5.74) is -5.55. The lowest BCUT2D eigenvalue weighted by molar-refractivity contribution is -0.803. The lowest BCUT2D eigenvalue weighted by atomic mass is 9.85. The Morgan fingerprint density at radius 3 is 1.15 bits per heavy atom. The quantitative estimate of drug-likeness (QED) is 0.0535. The smallest absolute Gasteiger partial charge is 0.416 e. The SMILES string of the molecule is CC(C)(C)[Si](C)(C)OCC(CO[N+](=O)[O-])(CO[N+](=O)[O-])COC(O[Si](c1ccccc1)(c1ccccc1)C(C)(C)C)([N+](=O)[O-])C(CO[N+](=O)[O-])(CO[N+](=O)[O-])CO[N+](=O)[O-]. The van der Waals surface area contributed by atoms with Crippen molar-refractivity contribution in [2.75, 3.05) is 46.2 Å². The number of hydrogen-bond donors (Lipinski definition) is 0. The number of rotatable bonds is 27. The molecule has 0 aliphatic rings. The second-order valence-corrected chi connectivity index (χ2v) is 25.2. The van der Waals surface area contributed by atoms with Gasteiger partial charge in [-0.2, -0.15) is 0 Å². The highest BCUT2D eigenvalue weighted by Crippen LogP contribution is 2.47. The zero-order valence-electron chi connectivity index (χ0n) is 34.1. The van der Waals surface area contributed by atoms with Crippen LogP contribution in [0.4, 0.5) is 0 Å². The predicted molar refractivity (Wildman–Crippen MR) is 207 cm³/mol. The Morgan fingerprint density at radius 1 is 0.500 bits per heavy atom. The van der Waals surface area contributed by atoms with Crippen LogP contribution in [0, 0.1) is 71.5 Å². The molecule has 0 amide bonds. The van der Waals surface area contributed by atoms with Crippen LogP contribution >= 0.6 is 0 Å². The Hall–Kier alpha value is -5.85. The van der Waals surface area contributed by atoms with Crippen molar-refractivity contribution in [2.45, 2.75) is 70.6 Å². The number of nitrogens with zero attached hydrogens (tertiary/aromatic N) is 6. The Bertz CT molecular complexity index is 1710. The molecule has 0 N–H and O–H groups in total. The van der Waals surface area contributed by atoms with Crippen LogP contribution in [-0.4, -0.2) is 99.2 Å². The van der Waals surface area contributed by atoms with Crippen molar-refractivity contribution in [1.29, 1.82) is 0 Å². The van der Waals surface area contributed by atoms with Gasteiger partial charge in [-0.05, 0) is 33.5 Å². The molecule has 0 aliphatic heterocycles. The molecule has 60 heavy (non-hydrogen) atoms. The Kier molecular flexibility index (Phi) is 16.7. The van der Waals surface area contributed by atoms with Gasteiger partial charge in [-0.3, -0.25) is 14.9 Å². The highest BCUT2D eigenvalue weighted by molar-refractivity contribution is 6.99. The molecule has 334 valence electrons. The Balaban J connectivity index is 3.31. The van der Waals surface area contributed by atoms with Crippen molar-refractivity contribution in [3.05, 3.63) is 121 Å². The summed E-state index contributed by atoms with van der Waals surface area (Å²) in [5.74, 6) is -3.88. The molecule has 1 atom stereocenters. The van der Waals surface area contributed by atoms with E-state index >= 15 is 0 Å². The summed E-state index contributed by atoms with van der Waals surface area (Å²) in [6, 6.07) is 15.6. The first-order chi connectivity index (χ1) is 27.6. The first-order valence-electron chi connectivity index (χ1n) is 17.7. The third-order valence-electron chi connectivity index (χ3n) is 10.0. The average molecular weight is 893 g/mol. The number of nitro groups is 1. The van der Waals surface area contributed by atoms with Crippen molar-refractivity contribution < 1.29 is 68.1 Å². The van der Waals surface area contributed by atoms with Crippen molar-refractivity contribution in [3.8, 4) is 0 Å². The Labute approximate surface area is 343 Å². The van der Waals surface area contributed by atoms with E-state index in [0.29, 0.717) is 0 Å². The van der Waals surface area contributed by atoms with Gasteiger partial charge in [0.05, 0.1) is 16.9 Å². The maximum absolute atomic E-state index is 14.2. The van der Waals surface area contributed by atoms with Gasteiger partial charge in [-0.15, -0.1) is 50.6 Å². The maximum Gasteiger partial charge on any atom is 0.444 e. The first kappa shape index (κ1) is 50.3. The summed E-state index contributed by atoms with van der Waals surface area (Å²) in [7, 11) is -7.45. The van der Waals surface area contributed by atoms with E-state index in [2.05, 4.69) is 24.2 Å². The molecule has 0 saturated carbocycles. The highest BCUT2D eigenvalue weighted by atomic mass is 28.4. The molecule has 0 fully saturated rings. The van der Waals surface area contributed by atoms with Gasteiger partial charge in [-0.1, -0.05) is 102 Å². The van der Waals surface area contributed by atoms with Gasteiger partial charge in [0.2, 0.25) is 0 Å². The molecule has 0 saturated heterocycles. The zero-order valence-corrected chi connectivity index (χ0v) is 36.1. The molecule has 2 aromatic carbocycles. The van der Waals surface area contributed by atoms with Crippen LogP contribution in [-0.2, 0) is 37.8 Å². The summed E-state index contributed by atoms with van der Waals surface area (Å²) in [4.78, 5) is 94.6. The summed E-state index contributed by atoms with van der Waals surface area (Å²) < 4.78 is 19.3. The van der Waals surface area contributed by atoms with E-state index < -0.39 is 120 Å². The summed E-state index contributed by atoms with van der Waals surface area (Å²) in [5, 5.41) is 64.6. The van der Waals surface area contributed by atoms with Crippen LogP contribution in [0.25, 0.3) is 0 Å². The molecular formula is C32H48N6O20Si2. The van der Waals surface area contributed by atoms with Crippen molar-refractivity contribution in [2.24, 2.45) is 10.8 Å². The van der Waals surface area contributed by atoms with E-state index in [-0.39, 0.29) is 10.4 Å². The fourth-order valence-electron chi connectivity index (χ4n) is 5.79. The van der Waals surface area contributed by atoms with Crippen LogP contribution in [0.5, 0.6) is 0 Å². The molecule has 0 aromatic heterocycles. The van der Waals surface area contributed by atoms with E-state index in [4.69, 9.17) is 13.6 Å². The fraction of sp³-hybridized carbons (Fsp3) is 0.625. The molecular weight excluding hydrogens is 845 g/mol. The number of benzene rings is 2. The number of ether oxygens (including phenoxy) is 1. The predicted octanol–water partition coefficient (Wildman–Crippen LogP) is 3.55. The minimum absolute atomic E-state index is 0.272. The van der Waals surface area contributed by atoms with Gasteiger partial charge in [0, 0.05) is 6.61 Å². The van der Waals surface area contributed by atoms with Crippen LogP contribution in [0.3, 0.4) is 0 Å². The van der Waals surface area contributed by atoms with Gasteiger partial charge < -0.3 is 33.0 Å². The van der Waals surface area contributed by atoms with E-state index in [0.717, 1.165) is 0 Å². The van der Waals surface area contributed by atoms with Crippen LogP contribution in [0.1, 0.15) is 41.5 Å². The van der Waals surface area contributed by atoms with Crippen LogP contribution in [0.15, 0.2) is 60.7 Å². The minimum atomic E-state index is -4.51. The van der Waals surface area contributed by atoms with Gasteiger partial charge in [0.15, 0.2) is 13.7 Å². The fourth-order valence-corrected chi connectivity index (χ4v) is 11.6. The molecule has 26 nitrogen and oxygen atoms in total. The van der Waals surface area contributed by atoms with Gasteiger partial charge >= 0.3 is 5.91 Å². The monoisotopic (exact) mass is 892 g/mol. The zero-order chi connectivity index (χ0) is 45.8. The standard InChI is InChI=1S/C32H48N6O20Si2/c1-28(2,3)59(7,8)57-22-30(20-52-34(41)42,21-53-35(43)44)19-51-32(33(39)40,31(23-54-36(45)46,24-55-37(47)48)25-56-38(49)50)58-60(29(4,5)6,26-15-11-9-12-16-26)27-17-13-10-14-18-27/h9-18H,19-25H2,1-8H3. The molecule has 0 heterocycles. The first-order valence-corrected chi connectivity index (χ1v) is 22.5. The molecule has 0 radical (unpaired) electrons. The van der Waals surface area contributed by atoms with Crippen LogP contribution in [0.2, 0.25) is 23.2 Å². The normalized spacial score (nSPS) is 13.6. The van der Waals surface area contributed by atoms with Gasteiger partial charge in [0.1, 0.15) is 33.0 Å². The minimum Gasteiger partial charge on any atom is -0.416 e. The second kappa shape index (κ2) is 19.9. The summed E-state index contributed by atoms with van der Waals surface area (Å²) in [6.07, 6.45) is 0. The highest BCUT2D eigenvalue weighted by Gasteiger charge is 2.72. The van der Waals surface area contributed by atoms with Crippen LogP contribution < -0.4 is 10.4 Å². The lowest BCUT2D eigenvalue weighted by Crippen LogP contribution is -2.76. The van der Waals surface area contributed by atoms with Crippen molar-refractivity contribution in [3.63, 3.8) is 0 Å². The maximum atomic E-state index is 14.2. The van der Waals surface area contributed by atoms with E-state index in [1.54, 1.807) is 94.5 Å². The molecule has 0 aliphatic carbocycles. The van der Waals surface area contributed by atoms with Crippen molar-refractivity contribution >= 4 is 27.0 Å². The molecule has 0 spiro atoms. The largest absolute Gasteiger partial charge is 0.444 e.